The molecule has 3 nitrogen and oxygen atoms in total. The number of hydrogen-bond donors (Lipinski definition) is 2. The van der Waals surface area contributed by atoms with E-state index < -0.39 is 0 Å². The van der Waals surface area contributed by atoms with Gasteiger partial charge in [-0.2, -0.15) is 0 Å². The predicted molar refractivity (Wildman–Crippen MR) is 86.0 cm³/mol. The zero-order chi connectivity index (χ0) is 14.5. The maximum atomic E-state index is 12.0. The molecule has 0 radical (unpaired) electrons. The molecule has 0 spiro atoms. The summed E-state index contributed by atoms with van der Waals surface area (Å²) in [6, 6.07) is 6.23. The molecule has 2 unspecified atom stereocenters. The van der Waals surface area contributed by atoms with E-state index in [1.54, 1.807) is 11.8 Å². The smallest absolute Gasteiger partial charge is 0.230 e. The number of aryl methyl sites for hydroxylation is 1. The highest BCUT2D eigenvalue weighted by molar-refractivity contribution is 9.10. The molecule has 1 fully saturated rings. The van der Waals surface area contributed by atoms with E-state index in [1.807, 2.05) is 19.1 Å². The molecule has 2 N–H and O–H groups in total. The summed E-state index contributed by atoms with van der Waals surface area (Å²) in [4.78, 5) is 13.1. The fraction of sp³-hybridized carbons (Fsp3) is 0.533. The lowest BCUT2D eigenvalue weighted by molar-refractivity contribution is -0.119. The maximum absolute atomic E-state index is 12.0. The Balaban J connectivity index is 1.83. The highest BCUT2D eigenvalue weighted by atomic mass is 79.9. The van der Waals surface area contributed by atoms with Gasteiger partial charge in [-0.15, -0.1) is 11.8 Å². The first-order chi connectivity index (χ1) is 9.60. The molecule has 1 aliphatic carbocycles. The molecule has 0 bridgehead atoms. The quantitative estimate of drug-likeness (QED) is 0.796. The summed E-state index contributed by atoms with van der Waals surface area (Å²) in [7, 11) is 0. The Labute approximate surface area is 132 Å². The number of hydrogen-bond acceptors (Lipinski definition) is 3. The highest BCUT2D eigenvalue weighted by Crippen LogP contribution is 2.27. The van der Waals surface area contributed by atoms with Gasteiger partial charge in [0.25, 0.3) is 0 Å². The molecule has 1 aliphatic rings. The number of rotatable bonds is 5. The van der Waals surface area contributed by atoms with Crippen LogP contribution in [0.15, 0.2) is 27.6 Å². The van der Waals surface area contributed by atoms with Crippen molar-refractivity contribution in [3.05, 3.63) is 28.2 Å². The molecule has 5 heteroatoms. The zero-order valence-corrected chi connectivity index (χ0v) is 14.0. The fourth-order valence-corrected chi connectivity index (χ4v) is 3.91. The van der Waals surface area contributed by atoms with Gasteiger partial charge in [-0.1, -0.05) is 22.4 Å². The Morgan fingerprint density at radius 1 is 1.50 bits per heavy atom. The van der Waals surface area contributed by atoms with E-state index in [0.717, 1.165) is 28.6 Å². The van der Waals surface area contributed by atoms with Crippen LogP contribution >= 0.6 is 27.7 Å². The molecule has 20 heavy (non-hydrogen) atoms. The molecule has 1 saturated carbocycles. The van der Waals surface area contributed by atoms with Gasteiger partial charge < -0.3 is 10.4 Å². The van der Waals surface area contributed by atoms with Crippen molar-refractivity contribution in [3.8, 4) is 0 Å². The Morgan fingerprint density at radius 2 is 2.30 bits per heavy atom. The molecule has 0 saturated heterocycles. The van der Waals surface area contributed by atoms with Gasteiger partial charge in [0.05, 0.1) is 5.75 Å². The van der Waals surface area contributed by atoms with Gasteiger partial charge in [0.1, 0.15) is 0 Å². The van der Waals surface area contributed by atoms with Crippen molar-refractivity contribution in [2.45, 2.75) is 37.1 Å². The van der Waals surface area contributed by atoms with E-state index in [0.29, 0.717) is 5.75 Å². The molecular formula is C15H20BrNO2S. The van der Waals surface area contributed by atoms with Crippen molar-refractivity contribution >= 4 is 33.6 Å². The van der Waals surface area contributed by atoms with Crippen LogP contribution in [0.4, 0.5) is 0 Å². The third-order valence-electron chi connectivity index (χ3n) is 3.74. The van der Waals surface area contributed by atoms with Crippen molar-refractivity contribution in [1.82, 2.24) is 5.32 Å². The van der Waals surface area contributed by atoms with Gasteiger partial charge in [0.15, 0.2) is 0 Å². The van der Waals surface area contributed by atoms with Crippen LogP contribution in [0.5, 0.6) is 0 Å². The summed E-state index contributed by atoms with van der Waals surface area (Å²) in [6.07, 6.45) is 3.09. The van der Waals surface area contributed by atoms with Gasteiger partial charge in [-0.3, -0.25) is 4.79 Å². The average Bonchev–Trinajstić information content (AvgIpc) is 2.85. The van der Waals surface area contributed by atoms with Crippen LogP contribution in [0.25, 0.3) is 0 Å². The van der Waals surface area contributed by atoms with E-state index in [9.17, 15) is 9.90 Å². The van der Waals surface area contributed by atoms with Crippen LogP contribution in [0.3, 0.4) is 0 Å². The largest absolute Gasteiger partial charge is 0.396 e. The third-order valence-corrected chi connectivity index (χ3v) is 5.40. The minimum Gasteiger partial charge on any atom is -0.396 e. The first-order valence-electron chi connectivity index (χ1n) is 6.89. The second kappa shape index (κ2) is 7.48. The van der Waals surface area contributed by atoms with Gasteiger partial charge in [0.2, 0.25) is 5.91 Å². The first-order valence-corrected chi connectivity index (χ1v) is 8.67. The van der Waals surface area contributed by atoms with Crippen molar-refractivity contribution in [2.24, 2.45) is 5.92 Å². The lowest BCUT2D eigenvalue weighted by Crippen LogP contribution is -2.39. The standard InChI is InChI=1S/C15H20BrNO2S/c1-10-7-12(16)5-6-14(10)20-9-15(19)17-13-4-2-3-11(13)8-18/h5-7,11,13,18H,2-4,8-9H2,1H3,(H,17,19). The number of amides is 1. The van der Waals surface area contributed by atoms with E-state index in [2.05, 4.69) is 27.3 Å². The van der Waals surface area contributed by atoms with Crippen molar-refractivity contribution in [2.75, 3.05) is 12.4 Å². The van der Waals surface area contributed by atoms with E-state index in [-0.39, 0.29) is 24.5 Å². The Hall–Kier alpha value is -0.520. The number of nitrogens with one attached hydrogen (secondary N) is 1. The zero-order valence-electron chi connectivity index (χ0n) is 11.6. The Bertz CT molecular complexity index is 481. The number of thioether (sulfide) groups is 1. The predicted octanol–water partition coefficient (Wildman–Crippen LogP) is 3.13. The lowest BCUT2D eigenvalue weighted by atomic mass is 10.1. The summed E-state index contributed by atoms with van der Waals surface area (Å²) >= 11 is 5.00. The summed E-state index contributed by atoms with van der Waals surface area (Å²) in [6.45, 7) is 2.22. The fourth-order valence-electron chi connectivity index (χ4n) is 2.61. The highest BCUT2D eigenvalue weighted by Gasteiger charge is 2.27. The molecule has 0 heterocycles. The molecule has 110 valence electrons. The molecule has 0 aromatic heterocycles. The molecule has 1 aromatic carbocycles. The lowest BCUT2D eigenvalue weighted by Gasteiger charge is -2.19. The van der Waals surface area contributed by atoms with Crippen molar-refractivity contribution in [1.29, 1.82) is 0 Å². The second-order valence-corrected chi connectivity index (χ2v) is 7.18. The SMILES string of the molecule is Cc1cc(Br)ccc1SCC(=O)NC1CCCC1CO. The number of aliphatic hydroxyl groups is 1. The van der Waals surface area contributed by atoms with Crippen LogP contribution in [-0.2, 0) is 4.79 Å². The summed E-state index contributed by atoms with van der Waals surface area (Å²) in [5, 5.41) is 12.3. The molecule has 2 rings (SSSR count). The Kier molecular flexibility index (Phi) is 5.93. The average molecular weight is 358 g/mol. The number of carbonyl (C=O) groups excluding carboxylic acids is 1. The van der Waals surface area contributed by atoms with E-state index in [1.165, 1.54) is 5.56 Å². The Morgan fingerprint density at radius 3 is 3.00 bits per heavy atom. The van der Waals surface area contributed by atoms with Crippen LogP contribution in [0.2, 0.25) is 0 Å². The first kappa shape index (κ1) is 15.9. The monoisotopic (exact) mass is 357 g/mol. The summed E-state index contributed by atoms with van der Waals surface area (Å²) in [5.74, 6) is 0.720. The summed E-state index contributed by atoms with van der Waals surface area (Å²) < 4.78 is 1.06. The van der Waals surface area contributed by atoms with Crippen LogP contribution in [0.1, 0.15) is 24.8 Å². The number of aliphatic hydroxyl groups excluding tert-OH is 1. The molecule has 1 amide bonds. The molecular weight excluding hydrogens is 338 g/mol. The van der Waals surface area contributed by atoms with Gasteiger partial charge in [0, 0.05) is 27.9 Å². The van der Waals surface area contributed by atoms with Gasteiger partial charge >= 0.3 is 0 Å². The molecule has 2 atom stereocenters. The van der Waals surface area contributed by atoms with E-state index >= 15 is 0 Å². The van der Waals surface area contributed by atoms with E-state index in [4.69, 9.17) is 0 Å². The third kappa shape index (κ3) is 4.24. The molecule has 1 aromatic rings. The van der Waals surface area contributed by atoms with Crippen LogP contribution < -0.4 is 5.32 Å². The number of benzene rings is 1. The van der Waals surface area contributed by atoms with Crippen LogP contribution in [0, 0.1) is 12.8 Å². The van der Waals surface area contributed by atoms with Gasteiger partial charge in [-0.25, -0.2) is 0 Å². The number of carbonyl (C=O) groups is 1. The minimum absolute atomic E-state index is 0.0580. The summed E-state index contributed by atoms with van der Waals surface area (Å²) in [5.41, 5.74) is 1.17. The van der Waals surface area contributed by atoms with Gasteiger partial charge in [-0.05, 0) is 43.5 Å². The second-order valence-electron chi connectivity index (χ2n) is 5.25. The molecule has 0 aliphatic heterocycles. The number of halogens is 1. The maximum Gasteiger partial charge on any atom is 0.230 e. The van der Waals surface area contributed by atoms with Crippen molar-refractivity contribution in [3.63, 3.8) is 0 Å². The topological polar surface area (TPSA) is 49.3 Å². The van der Waals surface area contributed by atoms with Crippen LogP contribution in [-0.4, -0.2) is 29.4 Å². The minimum atomic E-state index is 0.0580. The normalized spacial score (nSPS) is 21.9. The van der Waals surface area contributed by atoms with Crippen molar-refractivity contribution < 1.29 is 9.90 Å².